The van der Waals surface area contributed by atoms with Gasteiger partial charge in [0.05, 0.1) is 0 Å². The monoisotopic (exact) mass is 282 g/mol. The smallest absolute Gasteiger partial charge is 0.254 e. The number of nitrogens with zero attached hydrogens (tertiary/aromatic N) is 1. The van der Waals surface area contributed by atoms with Crippen LogP contribution < -0.4 is 5.73 Å². The number of benzene rings is 1. The number of hydrogen-bond acceptors (Lipinski definition) is 3. The van der Waals surface area contributed by atoms with E-state index in [4.69, 9.17) is 5.73 Å². The molecule has 0 bridgehead atoms. The third kappa shape index (κ3) is 3.03. The molecule has 0 aliphatic carbocycles. The van der Waals surface area contributed by atoms with Crippen LogP contribution in [0.1, 0.15) is 29.3 Å². The minimum Gasteiger partial charge on any atom is -0.398 e. The van der Waals surface area contributed by atoms with Crippen molar-refractivity contribution in [3.05, 3.63) is 29.1 Å². The van der Waals surface area contributed by atoms with E-state index in [9.17, 15) is 9.18 Å². The molecule has 1 heterocycles. The number of anilines is 1. The van der Waals surface area contributed by atoms with Crippen LogP contribution >= 0.6 is 11.8 Å². The molecule has 19 heavy (non-hydrogen) atoms. The SMILES string of the molecule is CCC1CN(C(=O)c2cc(N)c(C)c(F)c2)CCS1. The summed E-state index contributed by atoms with van der Waals surface area (Å²) in [6.07, 6.45) is 1.04. The summed E-state index contributed by atoms with van der Waals surface area (Å²) in [5, 5.41) is 0.477. The lowest BCUT2D eigenvalue weighted by Crippen LogP contribution is -2.41. The largest absolute Gasteiger partial charge is 0.398 e. The molecule has 1 aromatic carbocycles. The molecule has 104 valence electrons. The summed E-state index contributed by atoms with van der Waals surface area (Å²) in [4.78, 5) is 14.2. The van der Waals surface area contributed by atoms with E-state index < -0.39 is 5.82 Å². The van der Waals surface area contributed by atoms with Gasteiger partial charge in [-0.05, 0) is 25.5 Å². The molecule has 3 nitrogen and oxygen atoms in total. The molecule has 0 spiro atoms. The van der Waals surface area contributed by atoms with E-state index in [1.165, 1.54) is 6.07 Å². The van der Waals surface area contributed by atoms with Crippen molar-refractivity contribution in [3.8, 4) is 0 Å². The van der Waals surface area contributed by atoms with Crippen molar-refractivity contribution in [2.24, 2.45) is 0 Å². The molecular weight excluding hydrogens is 263 g/mol. The molecule has 1 unspecified atom stereocenters. The van der Waals surface area contributed by atoms with Crippen molar-refractivity contribution in [2.45, 2.75) is 25.5 Å². The van der Waals surface area contributed by atoms with Crippen LogP contribution in [0, 0.1) is 12.7 Å². The lowest BCUT2D eigenvalue weighted by molar-refractivity contribution is 0.0760. The summed E-state index contributed by atoms with van der Waals surface area (Å²) < 4.78 is 13.7. The summed E-state index contributed by atoms with van der Waals surface area (Å²) >= 11 is 1.90. The van der Waals surface area contributed by atoms with Gasteiger partial charge >= 0.3 is 0 Å². The van der Waals surface area contributed by atoms with Gasteiger partial charge in [-0.15, -0.1) is 0 Å². The minimum absolute atomic E-state index is 0.121. The van der Waals surface area contributed by atoms with Gasteiger partial charge < -0.3 is 10.6 Å². The molecule has 1 amide bonds. The maximum absolute atomic E-state index is 13.7. The second kappa shape index (κ2) is 5.82. The Morgan fingerprint density at radius 1 is 1.58 bits per heavy atom. The number of nitrogen functional groups attached to an aromatic ring is 1. The van der Waals surface area contributed by atoms with E-state index in [1.807, 2.05) is 11.8 Å². The van der Waals surface area contributed by atoms with Gasteiger partial charge in [-0.3, -0.25) is 4.79 Å². The third-order valence-electron chi connectivity index (χ3n) is 3.51. The molecule has 1 saturated heterocycles. The zero-order valence-electron chi connectivity index (χ0n) is 11.3. The predicted molar refractivity (Wildman–Crippen MR) is 78.0 cm³/mol. The van der Waals surface area contributed by atoms with E-state index in [0.29, 0.717) is 22.1 Å². The minimum atomic E-state index is -0.415. The van der Waals surface area contributed by atoms with Crippen molar-refractivity contribution >= 4 is 23.4 Å². The molecule has 1 aliphatic rings. The molecule has 5 heteroatoms. The van der Waals surface area contributed by atoms with Gasteiger partial charge in [-0.2, -0.15) is 11.8 Å². The Hall–Kier alpha value is -1.23. The van der Waals surface area contributed by atoms with E-state index >= 15 is 0 Å². The van der Waals surface area contributed by atoms with Crippen LogP contribution in [0.25, 0.3) is 0 Å². The lowest BCUT2D eigenvalue weighted by atomic mass is 10.1. The van der Waals surface area contributed by atoms with Gasteiger partial charge in [0.25, 0.3) is 5.91 Å². The fraction of sp³-hybridized carbons (Fsp3) is 0.500. The number of carbonyl (C=O) groups is 1. The zero-order chi connectivity index (χ0) is 14.0. The van der Waals surface area contributed by atoms with Gasteiger partial charge in [-0.1, -0.05) is 6.92 Å². The quantitative estimate of drug-likeness (QED) is 0.848. The Morgan fingerprint density at radius 3 is 2.95 bits per heavy atom. The molecule has 1 atom stereocenters. The van der Waals surface area contributed by atoms with E-state index in [1.54, 1.807) is 17.9 Å². The fourth-order valence-electron chi connectivity index (χ4n) is 2.16. The van der Waals surface area contributed by atoms with Crippen molar-refractivity contribution in [2.75, 3.05) is 24.6 Å². The molecule has 1 aromatic rings. The second-order valence-electron chi connectivity index (χ2n) is 4.82. The van der Waals surface area contributed by atoms with Crippen LogP contribution in [-0.2, 0) is 0 Å². The van der Waals surface area contributed by atoms with Crippen LogP contribution in [0.15, 0.2) is 12.1 Å². The Morgan fingerprint density at radius 2 is 2.32 bits per heavy atom. The molecule has 0 aromatic heterocycles. The summed E-state index contributed by atoms with van der Waals surface area (Å²) in [5.41, 5.74) is 6.81. The third-order valence-corrected chi connectivity index (χ3v) is 4.88. The Labute approximate surface area is 117 Å². The summed E-state index contributed by atoms with van der Waals surface area (Å²) in [7, 11) is 0. The van der Waals surface area contributed by atoms with Crippen LogP contribution in [-0.4, -0.2) is 34.9 Å². The van der Waals surface area contributed by atoms with Gasteiger partial charge in [0, 0.05) is 40.9 Å². The summed E-state index contributed by atoms with van der Waals surface area (Å²) in [6, 6.07) is 2.86. The molecule has 1 aliphatic heterocycles. The maximum atomic E-state index is 13.7. The molecular formula is C14H19FN2OS. The van der Waals surface area contributed by atoms with Gasteiger partial charge in [0.15, 0.2) is 0 Å². The first-order valence-electron chi connectivity index (χ1n) is 6.49. The van der Waals surface area contributed by atoms with Crippen molar-refractivity contribution in [1.29, 1.82) is 0 Å². The average molecular weight is 282 g/mol. The van der Waals surface area contributed by atoms with Crippen molar-refractivity contribution in [1.82, 2.24) is 4.90 Å². The number of hydrogen-bond donors (Lipinski definition) is 1. The molecule has 2 N–H and O–H groups in total. The van der Waals surface area contributed by atoms with Gasteiger partial charge in [-0.25, -0.2) is 4.39 Å². The lowest BCUT2D eigenvalue weighted by Gasteiger charge is -2.32. The van der Waals surface area contributed by atoms with E-state index in [2.05, 4.69) is 6.92 Å². The Kier molecular flexibility index (Phi) is 4.34. The zero-order valence-corrected chi connectivity index (χ0v) is 12.1. The fourth-order valence-corrected chi connectivity index (χ4v) is 3.34. The van der Waals surface area contributed by atoms with Crippen LogP contribution in [0.4, 0.5) is 10.1 Å². The number of nitrogens with two attached hydrogens (primary N) is 1. The average Bonchev–Trinajstić information content (AvgIpc) is 2.43. The highest BCUT2D eigenvalue weighted by atomic mass is 32.2. The second-order valence-corrected chi connectivity index (χ2v) is 6.23. The first kappa shape index (κ1) is 14.2. The maximum Gasteiger partial charge on any atom is 0.254 e. The highest BCUT2D eigenvalue weighted by Gasteiger charge is 2.24. The van der Waals surface area contributed by atoms with Gasteiger partial charge in [0.1, 0.15) is 5.82 Å². The molecule has 0 saturated carbocycles. The number of thioether (sulfide) groups is 1. The number of amides is 1. The topological polar surface area (TPSA) is 46.3 Å². The van der Waals surface area contributed by atoms with Gasteiger partial charge in [0.2, 0.25) is 0 Å². The summed E-state index contributed by atoms with van der Waals surface area (Å²) in [5.74, 6) is 0.403. The molecule has 0 radical (unpaired) electrons. The van der Waals surface area contributed by atoms with E-state index in [0.717, 1.165) is 25.3 Å². The molecule has 1 fully saturated rings. The standard InChI is InChI=1S/C14H19FN2OS/c1-3-11-8-17(4-5-19-11)14(18)10-6-12(15)9(2)13(16)7-10/h6-7,11H,3-5,8,16H2,1-2H3. The highest BCUT2D eigenvalue weighted by Crippen LogP contribution is 2.24. The summed E-state index contributed by atoms with van der Waals surface area (Å²) in [6.45, 7) is 5.18. The normalized spacial score (nSPS) is 19.5. The number of carbonyl (C=O) groups excluding carboxylic acids is 1. The van der Waals surface area contributed by atoms with Crippen LogP contribution in [0.3, 0.4) is 0 Å². The Bertz CT molecular complexity index is 469. The number of halogens is 1. The van der Waals surface area contributed by atoms with Crippen LogP contribution in [0.2, 0.25) is 0 Å². The highest BCUT2D eigenvalue weighted by molar-refractivity contribution is 8.00. The van der Waals surface area contributed by atoms with Crippen LogP contribution in [0.5, 0.6) is 0 Å². The van der Waals surface area contributed by atoms with E-state index in [-0.39, 0.29) is 5.91 Å². The first-order valence-corrected chi connectivity index (χ1v) is 7.54. The van der Waals surface area contributed by atoms with Crippen molar-refractivity contribution < 1.29 is 9.18 Å². The number of rotatable bonds is 2. The first-order chi connectivity index (χ1) is 9.02. The predicted octanol–water partition coefficient (Wildman–Crippen LogP) is 2.68. The van der Waals surface area contributed by atoms with Crippen molar-refractivity contribution in [3.63, 3.8) is 0 Å². The molecule has 2 rings (SSSR count). The Balaban J connectivity index is 2.19.